The summed E-state index contributed by atoms with van der Waals surface area (Å²) in [5.41, 5.74) is -5.53. The van der Waals surface area contributed by atoms with Gasteiger partial charge < -0.3 is 9.84 Å². The maximum absolute atomic E-state index is 12.3. The van der Waals surface area contributed by atoms with Crippen molar-refractivity contribution in [3.63, 3.8) is 0 Å². The van der Waals surface area contributed by atoms with Gasteiger partial charge in [0.05, 0.1) is 0 Å². The third-order valence-corrected chi connectivity index (χ3v) is 2.61. The van der Waals surface area contributed by atoms with E-state index in [1.165, 1.54) is 0 Å². The second-order valence-electron chi connectivity index (χ2n) is 4.40. The number of unbranched alkanes of at least 4 members (excludes halogenated alkanes) is 3. The van der Waals surface area contributed by atoms with Gasteiger partial charge in [-0.3, -0.25) is 0 Å². The summed E-state index contributed by atoms with van der Waals surface area (Å²) in [5, 5.41) is 8.69. The Hall–Kier alpha value is -1.43. The first-order chi connectivity index (χ1) is 9.98. The van der Waals surface area contributed by atoms with Gasteiger partial charge in [-0.1, -0.05) is 25.7 Å². The van der Waals surface area contributed by atoms with Crippen molar-refractivity contribution < 1.29 is 41.0 Å². The molecule has 128 valence electrons. The highest BCUT2D eigenvalue weighted by Gasteiger charge is 2.76. The lowest BCUT2D eigenvalue weighted by Crippen LogP contribution is -2.63. The van der Waals surface area contributed by atoms with Gasteiger partial charge in [0.25, 0.3) is 0 Å². The molecule has 0 atom stereocenters. The summed E-state index contributed by atoms with van der Waals surface area (Å²) in [4.78, 5) is 11.0. The molecule has 0 fully saturated rings. The Morgan fingerprint density at radius 1 is 1.00 bits per heavy atom. The fourth-order valence-corrected chi connectivity index (χ4v) is 1.33. The Morgan fingerprint density at radius 2 is 1.50 bits per heavy atom. The predicted molar refractivity (Wildman–Crippen MR) is 64.6 cm³/mol. The lowest BCUT2D eigenvalue weighted by molar-refractivity contribution is -0.356. The normalized spacial score (nSPS) is 12.5. The highest BCUT2D eigenvalue weighted by molar-refractivity contribution is 5.81. The van der Waals surface area contributed by atoms with Gasteiger partial charge in [0.2, 0.25) is 0 Å². The van der Waals surface area contributed by atoms with Crippen molar-refractivity contribution in [2.75, 3.05) is 6.61 Å². The average Bonchev–Trinajstić information content (AvgIpc) is 2.37. The zero-order chi connectivity index (χ0) is 17.4. The largest absolute Gasteiger partial charge is 0.462 e. The van der Waals surface area contributed by atoms with Crippen LogP contribution in [0.25, 0.3) is 0 Å². The lowest BCUT2D eigenvalue weighted by Gasteiger charge is -2.29. The van der Waals surface area contributed by atoms with E-state index < -0.39 is 30.5 Å². The molecule has 0 aliphatic rings. The Kier molecular flexibility index (Phi) is 7.73. The highest BCUT2D eigenvalue weighted by Crippen LogP contribution is 2.43. The van der Waals surface area contributed by atoms with Gasteiger partial charge in [-0.05, 0) is 6.42 Å². The molecule has 0 aliphatic carbocycles. The maximum atomic E-state index is 12.3. The number of alkyl halides is 6. The summed E-state index contributed by atoms with van der Waals surface area (Å²) >= 11 is 0. The minimum atomic E-state index is -6.23. The van der Waals surface area contributed by atoms with Crippen LogP contribution in [0.15, 0.2) is 0 Å². The molecule has 0 aromatic carbocycles. The number of hydrogen-bond donors (Lipinski definition) is 1. The minimum Gasteiger partial charge on any atom is -0.462 e. The highest BCUT2D eigenvalue weighted by atomic mass is 19.4. The Bertz CT molecular complexity index is 402. The topological polar surface area (TPSA) is 46.5 Å². The van der Waals surface area contributed by atoms with Crippen LogP contribution in [0.3, 0.4) is 0 Å². The van der Waals surface area contributed by atoms with Crippen LogP contribution >= 0.6 is 0 Å². The average molecular weight is 334 g/mol. The first-order valence-corrected chi connectivity index (χ1v) is 6.47. The smallest absolute Gasteiger partial charge is 0.437 e. The summed E-state index contributed by atoms with van der Waals surface area (Å²) in [6, 6.07) is 0. The second kappa shape index (κ2) is 8.27. The van der Waals surface area contributed by atoms with Crippen molar-refractivity contribution >= 4 is 5.97 Å². The lowest BCUT2D eigenvalue weighted by atomic mass is 10.0. The maximum Gasteiger partial charge on any atom is 0.437 e. The minimum absolute atomic E-state index is 0.219. The van der Waals surface area contributed by atoms with E-state index in [2.05, 4.69) is 16.6 Å². The molecule has 0 unspecified atom stereocenters. The van der Waals surface area contributed by atoms with Crippen molar-refractivity contribution in [2.24, 2.45) is 0 Å². The number of esters is 1. The van der Waals surface area contributed by atoms with Gasteiger partial charge in [0.15, 0.2) is 0 Å². The second-order valence-corrected chi connectivity index (χ2v) is 4.40. The predicted octanol–water partition coefficient (Wildman–Crippen LogP) is 3.36. The molecule has 0 aromatic heterocycles. The van der Waals surface area contributed by atoms with Gasteiger partial charge in [0, 0.05) is 12.8 Å². The zero-order valence-electron chi connectivity index (χ0n) is 11.8. The Labute approximate surface area is 123 Å². The number of ether oxygens (including phenoxy) is 1. The molecule has 0 bridgehead atoms. The van der Waals surface area contributed by atoms with Crippen LogP contribution in [-0.2, 0) is 9.53 Å². The number of rotatable bonds is 6. The molecule has 0 spiro atoms. The van der Waals surface area contributed by atoms with Gasteiger partial charge >= 0.3 is 23.9 Å². The fraction of sp³-hybridized carbons (Fsp3) is 0.769. The zero-order valence-corrected chi connectivity index (χ0v) is 11.8. The van der Waals surface area contributed by atoms with E-state index >= 15 is 0 Å². The molecule has 0 amide bonds. The van der Waals surface area contributed by atoms with Crippen LogP contribution < -0.4 is 0 Å². The molecule has 22 heavy (non-hydrogen) atoms. The van der Waals surface area contributed by atoms with Gasteiger partial charge in [0.1, 0.15) is 6.61 Å². The van der Waals surface area contributed by atoms with Crippen molar-refractivity contribution in [3.8, 4) is 11.8 Å². The number of aliphatic hydroxyl groups is 1. The fourth-order valence-electron chi connectivity index (χ4n) is 1.33. The molecular weight excluding hydrogens is 318 g/mol. The summed E-state index contributed by atoms with van der Waals surface area (Å²) in [5.74, 6) is 2.30. The standard InChI is InChI=1S/C13H16F6O3/c1-2-3-4-5-6-7-8-9-22-10(20)11(21,12(14,15)16)13(17,18)19/h21H,2-5,8-9H2,1H3. The number of halogens is 6. The monoisotopic (exact) mass is 334 g/mol. The van der Waals surface area contributed by atoms with E-state index in [4.69, 9.17) is 5.11 Å². The molecule has 0 rings (SSSR count). The van der Waals surface area contributed by atoms with Crippen LogP contribution in [0.4, 0.5) is 26.3 Å². The molecule has 0 heterocycles. The molecule has 0 aliphatic heterocycles. The van der Waals surface area contributed by atoms with E-state index in [1.807, 2.05) is 6.92 Å². The van der Waals surface area contributed by atoms with Gasteiger partial charge in [-0.25, -0.2) is 4.79 Å². The third kappa shape index (κ3) is 5.40. The van der Waals surface area contributed by atoms with Crippen molar-refractivity contribution in [1.29, 1.82) is 0 Å². The number of carbonyl (C=O) groups excluding carboxylic acids is 1. The van der Waals surface area contributed by atoms with Crippen LogP contribution in [0.2, 0.25) is 0 Å². The summed E-state index contributed by atoms with van der Waals surface area (Å²) in [6.07, 6.45) is -9.38. The van der Waals surface area contributed by atoms with E-state index in [0.717, 1.165) is 19.3 Å². The number of carbonyl (C=O) groups is 1. The van der Waals surface area contributed by atoms with E-state index in [0.29, 0.717) is 6.42 Å². The van der Waals surface area contributed by atoms with E-state index in [1.54, 1.807) is 0 Å². The Morgan fingerprint density at radius 3 is 1.95 bits per heavy atom. The van der Waals surface area contributed by atoms with Crippen molar-refractivity contribution in [2.45, 2.75) is 57.0 Å². The quantitative estimate of drug-likeness (QED) is 0.351. The SMILES string of the molecule is CCCCCC#CCCOC(=O)C(O)(C(F)(F)F)C(F)(F)F. The summed E-state index contributed by atoms with van der Waals surface area (Å²) < 4.78 is 77.7. The van der Waals surface area contributed by atoms with Crippen molar-refractivity contribution in [1.82, 2.24) is 0 Å². The molecule has 0 aromatic rings. The molecule has 0 saturated carbocycles. The summed E-state index contributed by atoms with van der Waals surface area (Å²) in [7, 11) is 0. The molecule has 1 N–H and O–H groups in total. The Balaban J connectivity index is 4.51. The summed E-state index contributed by atoms with van der Waals surface area (Å²) in [6.45, 7) is 1.21. The van der Waals surface area contributed by atoms with E-state index in [-0.39, 0.29) is 6.42 Å². The number of hydrogen-bond acceptors (Lipinski definition) is 3. The molecular formula is C13H16F6O3. The van der Waals surface area contributed by atoms with Crippen molar-refractivity contribution in [3.05, 3.63) is 0 Å². The van der Waals surface area contributed by atoms with Crippen LogP contribution in [0.1, 0.15) is 39.0 Å². The van der Waals surface area contributed by atoms with Gasteiger partial charge in [-0.15, -0.1) is 5.92 Å². The van der Waals surface area contributed by atoms with Gasteiger partial charge in [-0.2, -0.15) is 26.3 Å². The van der Waals surface area contributed by atoms with Crippen LogP contribution in [0.5, 0.6) is 0 Å². The molecule has 3 nitrogen and oxygen atoms in total. The molecule has 0 radical (unpaired) electrons. The van der Waals surface area contributed by atoms with Crippen LogP contribution in [0, 0.1) is 11.8 Å². The molecule has 9 heteroatoms. The van der Waals surface area contributed by atoms with Crippen LogP contribution in [-0.4, -0.2) is 35.6 Å². The first-order valence-electron chi connectivity index (χ1n) is 6.47. The molecule has 0 saturated heterocycles. The first kappa shape index (κ1) is 20.6. The van der Waals surface area contributed by atoms with E-state index in [9.17, 15) is 31.1 Å². The third-order valence-electron chi connectivity index (χ3n) is 2.61.